The molecule has 0 heterocycles. The van der Waals surface area contributed by atoms with Crippen molar-refractivity contribution in [2.24, 2.45) is 0 Å². The molecule has 0 spiro atoms. The van der Waals surface area contributed by atoms with Gasteiger partial charge in [0.2, 0.25) is 0 Å². The smallest absolute Gasteiger partial charge is 0.146 e. The van der Waals surface area contributed by atoms with Gasteiger partial charge in [-0.05, 0) is 38.1 Å². The predicted molar refractivity (Wildman–Crippen MR) is 72.4 cm³/mol. The zero-order valence-electron chi connectivity index (χ0n) is 10.7. The molecule has 0 radical (unpaired) electrons. The number of ketones is 1. The summed E-state index contributed by atoms with van der Waals surface area (Å²) in [6, 6.07) is 8.01. The fourth-order valence-electron chi connectivity index (χ4n) is 1.77. The second-order valence-electron chi connectivity index (χ2n) is 4.43. The third kappa shape index (κ3) is 4.49. The van der Waals surface area contributed by atoms with Gasteiger partial charge >= 0.3 is 0 Å². The van der Waals surface area contributed by atoms with Gasteiger partial charge in [0, 0.05) is 17.5 Å². The Morgan fingerprint density at radius 1 is 1.35 bits per heavy atom. The second kappa shape index (κ2) is 6.77. The molecule has 0 aliphatic rings. The average Bonchev–Trinajstić information content (AvgIpc) is 2.29. The number of benzene rings is 1. The first-order valence-corrected chi connectivity index (χ1v) is 6.39. The third-order valence-corrected chi connectivity index (χ3v) is 3.22. The van der Waals surface area contributed by atoms with E-state index in [4.69, 9.17) is 11.6 Å². The Morgan fingerprint density at radius 2 is 1.94 bits per heavy atom. The van der Waals surface area contributed by atoms with E-state index in [0.29, 0.717) is 18.7 Å². The van der Waals surface area contributed by atoms with Crippen LogP contribution in [0.25, 0.3) is 0 Å². The lowest BCUT2D eigenvalue weighted by Gasteiger charge is -2.24. The van der Waals surface area contributed by atoms with Crippen molar-refractivity contribution in [1.82, 2.24) is 4.90 Å². The molecule has 0 amide bonds. The lowest BCUT2D eigenvalue weighted by Crippen LogP contribution is -2.28. The van der Waals surface area contributed by atoms with Gasteiger partial charge in [-0.15, -0.1) is 0 Å². The van der Waals surface area contributed by atoms with Gasteiger partial charge < -0.3 is 0 Å². The van der Waals surface area contributed by atoms with Gasteiger partial charge in [-0.2, -0.15) is 0 Å². The summed E-state index contributed by atoms with van der Waals surface area (Å²) < 4.78 is 0. The van der Waals surface area contributed by atoms with Gasteiger partial charge in [-0.1, -0.05) is 30.7 Å². The van der Waals surface area contributed by atoms with E-state index >= 15 is 0 Å². The molecule has 1 aromatic carbocycles. The number of hydrogen-bond donors (Lipinski definition) is 0. The van der Waals surface area contributed by atoms with Crippen LogP contribution in [0.15, 0.2) is 24.3 Å². The molecular formula is C14H20ClNO. The van der Waals surface area contributed by atoms with Crippen molar-refractivity contribution in [3.8, 4) is 0 Å². The summed E-state index contributed by atoms with van der Waals surface area (Å²) >= 11 is 5.85. The van der Waals surface area contributed by atoms with E-state index in [0.717, 1.165) is 11.4 Å². The Morgan fingerprint density at radius 3 is 2.47 bits per heavy atom. The van der Waals surface area contributed by atoms with Crippen molar-refractivity contribution in [2.45, 2.75) is 32.7 Å². The minimum absolute atomic E-state index is 0.230. The fourth-order valence-corrected chi connectivity index (χ4v) is 1.89. The Bertz CT molecular complexity index is 361. The normalized spacial score (nSPS) is 12.8. The summed E-state index contributed by atoms with van der Waals surface area (Å²) in [5.41, 5.74) is 1.18. The van der Waals surface area contributed by atoms with E-state index in [1.807, 2.05) is 38.2 Å². The predicted octanol–water partition coefficient (Wildman–Crippen LogP) is 3.70. The van der Waals surface area contributed by atoms with Gasteiger partial charge in [-0.3, -0.25) is 9.69 Å². The molecule has 1 aromatic rings. The summed E-state index contributed by atoms with van der Waals surface area (Å²) in [6.07, 6.45) is 1.58. The standard InChI is InChI=1S/C14H20ClNO/c1-4-5-14(17)10-16(3)11(2)12-6-8-13(15)9-7-12/h6-9,11H,4-5,10H2,1-3H3. The molecule has 1 atom stereocenters. The Balaban J connectivity index is 2.60. The Hall–Kier alpha value is -0.860. The summed E-state index contributed by atoms with van der Waals surface area (Å²) in [4.78, 5) is 13.7. The molecule has 0 N–H and O–H groups in total. The highest BCUT2D eigenvalue weighted by Crippen LogP contribution is 2.20. The van der Waals surface area contributed by atoms with Crippen LogP contribution in [0.4, 0.5) is 0 Å². The number of Topliss-reactive ketones (excluding diaryl/α,β-unsaturated/α-hetero) is 1. The molecular weight excluding hydrogens is 234 g/mol. The largest absolute Gasteiger partial charge is 0.298 e. The van der Waals surface area contributed by atoms with Crippen molar-refractivity contribution in [1.29, 1.82) is 0 Å². The number of hydrogen-bond acceptors (Lipinski definition) is 2. The molecule has 94 valence electrons. The van der Waals surface area contributed by atoms with E-state index in [1.165, 1.54) is 5.56 Å². The van der Waals surface area contributed by atoms with Crippen LogP contribution < -0.4 is 0 Å². The van der Waals surface area contributed by atoms with E-state index in [9.17, 15) is 4.79 Å². The lowest BCUT2D eigenvalue weighted by molar-refractivity contribution is -0.120. The van der Waals surface area contributed by atoms with Crippen LogP contribution in [0.1, 0.15) is 38.3 Å². The number of halogens is 1. The summed E-state index contributed by atoms with van der Waals surface area (Å²) in [7, 11) is 1.98. The van der Waals surface area contributed by atoms with Crippen LogP contribution in [0.3, 0.4) is 0 Å². The van der Waals surface area contributed by atoms with E-state index in [2.05, 4.69) is 11.8 Å². The number of likely N-dealkylation sites (N-methyl/N-ethyl adjacent to an activating group) is 1. The highest BCUT2D eigenvalue weighted by atomic mass is 35.5. The van der Waals surface area contributed by atoms with Crippen LogP contribution >= 0.6 is 11.6 Å². The first-order chi connectivity index (χ1) is 8.04. The minimum atomic E-state index is 0.230. The first-order valence-electron chi connectivity index (χ1n) is 6.02. The zero-order valence-corrected chi connectivity index (χ0v) is 11.5. The SMILES string of the molecule is CCCC(=O)CN(C)C(C)c1ccc(Cl)cc1. The molecule has 0 aromatic heterocycles. The molecule has 0 bridgehead atoms. The quantitative estimate of drug-likeness (QED) is 0.771. The molecule has 0 aliphatic heterocycles. The molecule has 0 saturated heterocycles. The zero-order chi connectivity index (χ0) is 12.8. The fraction of sp³-hybridized carbons (Fsp3) is 0.500. The number of nitrogens with zero attached hydrogens (tertiary/aromatic N) is 1. The maximum Gasteiger partial charge on any atom is 0.146 e. The van der Waals surface area contributed by atoms with E-state index in [1.54, 1.807) is 0 Å². The van der Waals surface area contributed by atoms with Crippen LogP contribution in [0, 0.1) is 0 Å². The summed E-state index contributed by atoms with van der Waals surface area (Å²) in [6.45, 7) is 4.64. The van der Waals surface area contributed by atoms with Crippen molar-refractivity contribution >= 4 is 17.4 Å². The highest BCUT2D eigenvalue weighted by molar-refractivity contribution is 6.30. The highest BCUT2D eigenvalue weighted by Gasteiger charge is 2.14. The molecule has 0 fully saturated rings. The number of carbonyl (C=O) groups excluding carboxylic acids is 1. The molecule has 1 unspecified atom stereocenters. The molecule has 0 aliphatic carbocycles. The van der Waals surface area contributed by atoms with Crippen molar-refractivity contribution < 1.29 is 4.79 Å². The van der Waals surface area contributed by atoms with Crippen molar-refractivity contribution in [2.75, 3.05) is 13.6 Å². The van der Waals surface area contributed by atoms with E-state index in [-0.39, 0.29) is 6.04 Å². The van der Waals surface area contributed by atoms with Crippen LogP contribution in [-0.2, 0) is 4.79 Å². The third-order valence-electron chi connectivity index (χ3n) is 2.97. The molecule has 3 heteroatoms. The second-order valence-corrected chi connectivity index (χ2v) is 4.87. The average molecular weight is 254 g/mol. The Labute approximate surface area is 109 Å². The van der Waals surface area contributed by atoms with Crippen molar-refractivity contribution in [3.05, 3.63) is 34.9 Å². The monoisotopic (exact) mass is 253 g/mol. The van der Waals surface area contributed by atoms with Crippen molar-refractivity contribution in [3.63, 3.8) is 0 Å². The van der Waals surface area contributed by atoms with Crippen LogP contribution in [-0.4, -0.2) is 24.3 Å². The Kier molecular flexibility index (Phi) is 5.66. The molecule has 1 rings (SSSR count). The van der Waals surface area contributed by atoms with Gasteiger partial charge in [0.1, 0.15) is 5.78 Å². The first kappa shape index (κ1) is 14.2. The maximum absolute atomic E-state index is 11.6. The molecule has 0 saturated carbocycles. The molecule has 17 heavy (non-hydrogen) atoms. The summed E-state index contributed by atoms with van der Waals surface area (Å²) in [5.74, 6) is 0.302. The van der Waals surface area contributed by atoms with Gasteiger partial charge in [-0.25, -0.2) is 0 Å². The van der Waals surface area contributed by atoms with Gasteiger partial charge in [0.15, 0.2) is 0 Å². The summed E-state index contributed by atoms with van der Waals surface area (Å²) in [5, 5.41) is 0.741. The van der Waals surface area contributed by atoms with E-state index < -0.39 is 0 Å². The van der Waals surface area contributed by atoms with Gasteiger partial charge in [0.05, 0.1) is 6.54 Å². The molecule has 2 nitrogen and oxygen atoms in total. The topological polar surface area (TPSA) is 20.3 Å². The van der Waals surface area contributed by atoms with Crippen LogP contribution in [0.5, 0.6) is 0 Å². The van der Waals surface area contributed by atoms with Gasteiger partial charge in [0.25, 0.3) is 0 Å². The number of carbonyl (C=O) groups is 1. The minimum Gasteiger partial charge on any atom is -0.298 e. The maximum atomic E-state index is 11.6. The van der Waals surface area contributed by atoms with Crippen LogP contribution in [0.2, 0.25) is 5.02 Å². The number of rotatable bonds is 6. The lowest BCUT2D eigenvalue weighted by atomic mass is 10.1.